The first-order chi connectivity index (χ1) is 4.06. The number of nitrogens with two attached hydrogens (primary N) is 1. The van der Waals surface area contributed by atoms with Gasteiger partial charge in [-0.05, 0) is 5.41 Å². The van der Waals surface area contributed by atoms with Gasteiger partial charge in [0.05, 0.1) is 13.2 Å². The number of hydrogen-bond donors (Lipinski definition) is 1. The molecule has 64 valence electrons. The maximum absolute atomic E-state index is 5.23. The van der Waals surface area contributed by atoms with E-state index in [0.717, 1.165) is 6.61 Å². The number of ether oxygens (including phenoxy) is 1. The fourth-order valence-corrected chi connectivity index (χ4v) is 0.462. The Bertz CT molecular complexity index is 70.5. The fraction of sp³-hybridized carbons (Fsp3) is 1.00. The molecule has 0 amide bonds. The van der Waals surface area contributed by atoms with Crippen molar-refractivity contribution in [1.29, 1.82) is 0 Å². The highest BCUT2D eigenvalue weighted by molar-refractivity contribution is 5.85. The van der Waals surface area contributed by atoms with Crippen LogP contribution in [0.15, 0.2) is 0 Å². The molecule has 3 heteroatoms. The summed E-state index contributed by atoms with van der Waals surface area (Å²) in [5.41, 5.74) is 5.51. The minimum Gasteiger partial charge on any atom is -0.380 e. The highest BCUT2D eigenvalue weighted by atomic mass is 35.5. The molecule has 0 fully saturated rings. The Kier molecular flexibility index (Phi) is 7.65. The first kappa shape index (κ1) is 12.8. The van der Waals surface area contributed by atoms with Crippen LogP contribution in [0, 0.1) is 5.41 Å². The average molecular weight is 168 g/mol. The van der Waals surface area contributed by atoms with E-state index in [0.29, 0.717) is 13.2 Å². The van der Waals surface area contributed by atoms with Crippen molar-refractivity contribution < 1.29 is 4.74 Å². The van der Waals surface area contributed by atoms with Gasteiger partial charge in [0, 0.05) is 6.54 Å². The second-order valence-corrected chi connectivity index (χ2v) is 3.40. The molecule has 0 rings (SSSR count). The summed E-state index contributed by atoms with van der Waals surface area (Å²) in [6.45, 7) is 8.52. The summed E-state index contributed by atoms with van der Waals surface area (Å²) in [6, 6.07) is 0. The van der Waals surface area contributed by atoms with Crippen molar-refractivity contribution in [3.05, 3.63) is 0 Å². The summed E-state index contributed by atoms with van der Waals surface area (Å²) in [6.07, 6.45) is 0. The fourth-order valence-electron chi connectivity index (χ4n) is 0.462. The van der Waals surface area contributed by atoms with Crippen molar-refractivity contribution in [2.24, 2.45) is 11.1 Å². The molecule has 0 heterocycles. The molecule has 0 saturated heterocycles. The van der Waals surface area contributed by atoms with Gasteiger partial charge in [0.25, 0.3) is 0 Å². The van der Waals surface area contributed by atoms with Crippen molar-refractivity contribution in [3.63, 3.8) is 0 Å². The van der Waals surface area contributed by atoms with Crippen LogP contribution in [0.25, 0.3) is 0 Å². The molecule has 0 spiro atoms. The van der Waals surface area contributed by atoms with Gasteiger partial charge < -0.3 is 10.5 Å². The lowest BCUT2D eigenvalue weighted by Crippen LogP contribution is -2.18. The second-order valence-electron chi connectivity index (χ2n) is 3.40. The topological polar surface area (TPSA) is 35.2 Å². The van der Waals surface area contributed by atoms with Crippen molar-refractivity contribution in [2.45, 2.75) is 20.8 Å². The summed E-state index contributed by atoms with van der Waals surface area (Å²) in [5.74, 6) is 0. The van der Waals surface area contributed by atoms with Crippen molar-refractivity contribution in [3.8, 4) is 0 Å². The van der Waals surface area contributed by atoms with E-state index in [9.17, 15) is 0 Å². The molecule has 10 heavy (non-hydrogen) atoms. The molecule has 0 radical (unpaired) electrons. The lowest BCUT2D eigenvalue weighted by Gasteiger charge is -2.17. The Hall–Kier alpha value is 0.210. The third-order valence-corrected chi connectivity index (χ3v) is 0.797. The van der Waals surface area contributed by atoms with Gasteiger partial charge in [0.1, 0.15) is 0 Å². The first-order valence-corrected chi connectivity index (χ1v) is 3.34. The molecule has 0 aliphatic carbocycles. The Balaban J connectivity index is 0. The van der Waals surface area contributed by atoms with Crippen molar-refractivity contribution >= 4 is 12.4 Å². The average Bonchev–Trinajstić information content (AvgIpc) is 1.63. The standard InChI is InChI=1S/C7H17NO.ClH/c1-7(2,3)6-9-5-4-8;/h4-6,8H2,1-3H3;1H. The molecular formula is C7H18ClNO. The van der Waals surface area contributed by atoms with Crippen LogP contribution in [-0.2, 0) is 4.74 Å². The van der Waals surface area contributed by atoms with Crippen LogP contribution in [0.1, 0.15) is 20.8 Å². The molecule has 0 aromatic rings. The van der Waals surface area contributed by atoms with E-state index in [4.69, 9.17) is 10.5 Å². The van der Waals surface area contributed by atoms with Gasteiger partial charge in [0.15, 0.2) is 0 Å². The number of halogens is 1. The van der Waals surface area contributed by atoms with Gasteiger partial charge in [0.2, 0.25) is 0 Å². The number of rotatable bonds is 3. The summed E-state index contributed by atoms with van der Waals surface area (Å²) >= 11 is 0. The zero-order valence-electron chi connectivity index (χ0n) is 7.02. The zero-order chi connectivity index (χ0) is 7.33. The van der Waals surface area contributed by atoms with Crippen LogP contribution in [0.2, 0.25) is 0 Å². The Morgan fingerprint density at radius 1 is 1.30 bits per heavy atom. The van der Waals surface area contributed by atoms with E-state index in [-0.39, 0.29) is 17.8 Å². The van der Waals surface area contributed by atoms with E-state index < -0.39 is 0 Å². The zero-order valence-corrected chi connectivity index (χ0v) is 7.83. The molecule has 0 bridgehead atoms. The van der Waals surface area contributed by atoms with E-state index in [1.165, 1.54) is 0 Å². The summed E-state index contributed by atoms with van der Waals surface area (Å²) in [5, 5.41) is 0. The van der Waals surface area contributed by atoms with E-state index >= 15 is 0 Å². The highest BCUT2D eigenvalue weighted by Gasteiger charge is 2.08. The molecule has 2 nitrogen and oxygen atoms in total. The largest absolute Gasteiger partial charge is 0.380 e. The molecule has 0 aromatic carbocycles. The predicted molar refractivity (Wildman–Crippen MR) is 46.6 cm³/mol. The summed E-state index contributed by atoms with van der Waals surface area (Å²) in [4.78, 5) is 0. The minimum atomic E-state index is 0. The van der Waals surface area contributed by atoms with Crippen LogP contribution < -0.4 is 5.73 Å². The lowest BCUT2D eigenvalue weighted by molar-refractivity contribution is 0.0765. The highest BCUT2D eigenvalue weighted by Crippen LogP contribution is 2.12. The predicted octanol–water partition coefficient (Wildman–Crippen LogP) is 1.43. The Labute approximate surface area is 69.5 Å². The van der Waals surface area contributed by atoms with Gasteiger partial charge in [-0.3, -0.25) is 0 Å². The van der Waals surface area contributed by atoms with Crippen LogP contribution >= 0.6 is 12.4 Å². The van der Waals surface area contributed by atoms with Crippen molar-refractivity contribution in [1.82, 2.24) is 0 Å². The van der Waals surface area contributed by atoms with Crippen molar-refractivity contribution in [2.75, 3.05) is 19.8 Å². The molecule has 0 atom stereocenters. The third-order valence-electron chi connectivity index (χ3n) is 0.797. The molecule has 0 aromatic heterocycles. The summed E-state index contributed by atoms with van der Waals surface area (Å²) < 4.78 is 5.22. The molecular weight excluding hydrogens is 150 g/mol. The first-order valence-electron chi connectivity index (χ1n) is 3.34. The SMILES string of the molecule is CC(C)(C)COCCN.Cl. The van der Waals surface area contributed by atoms with E-state index in [2.05, 4.69) is 20.8 Å². The van der Waals surface area contributed by atoms with Gasteiger partial charge in [-0.2, -0.15) is 0 Å². The van der Waals surface area contributed by atoms with Crippen LogP contribution in [0.5, 0.6) is 0 Å². The smallest absolute Gasteiger partial charge is 0.0588 e. The molecule has 0 aliphatic heterocycles. The van der Waals surface area contributed by atoms with Crippen LogP contribution in [0.4, 0.5) is 0 Å². The minimum absolute atomic E-state index is 0. The normalized spacial score (nSPS) is 10.8. The lowest BCUT2D eigenvalue weighted by atomic mass is 9.99. The van der Waals surface area contributed by atoms with Gasteiger partial charge in [-0.15, -0.1) is 12.4 Å². The maximum Gasteiger partial charge on any atom is 0.0588 e. The van der Waals surface area contributed by atoms with E-state index in [1.54, 1.807) is 0 Å². The third kappa shape index (κ3) is 11.1. The quantitative estimate of drug-likeness (QED) is 0.646. The van der Waals surface area contributed by atoms with Crippen LogP contribution in [-0.4, -0.2) is 19.8 Å². The molecule has 2 N–H and O–H groups in total. The molecule has 0 aliphatic rings. The van der Waals surface area contributed by atoms with Crippen LogP contribution in [0.3, 0.4) is 0 Å². The molecule has 0 saturated carbocycles. The Morgan fingerprint density at radius 3 is 2.10 bits per heavy atom. The maximum atomic E-state index is 5.23. The monoisotopic (exact) mass is 167 g/mol. The summed E-state index contributed by atoms with van der Waals surface area (Å²) in [7, 11) is 0. The number of hydrogen-bond acceptors (Lipinski definition) is 2. The van der Waals surface area contributed by atoms with Gasteiger partial charge >= 0.3 is 0 Å². The Morgan fingerprint density at radius 2 is 1.80 bits per heavy atom. The van der Waals surface area contributed by atoms with Gasteiger partial charge in [-0.25, -0.2) is 0 Å². The molecule has 0 unspecified atom stereocenters. The van der Waals surface area contributed by atoms with E-state index in [1.807, 2.05) is 0 Å². The second kappa shape index (κ2) is 5.96. The van der Waals surface area contributed by atoms with Gasteiger partial charge in [-0.1, -0.05) is 20.8 Å².